The first kappa shape index (κ1) is 19.3. The van der Waals surface area contributed by atoms with Gasteiger partial charge in [0.15, 0.2) is 0 Å². The molecule has 2 atom stereocenters. The fraction of sp³-hybridized carbons (Fsp3) is 0.304. The van der Waals surface area contributed by atoms with E-state index in [-0.39, 0.29) is 17.8 Å². The first-order valence-electron chi connectivity index (χ1n) is 9.95. The second-order valence-electron chi connectivity index (χ2n) is 7.73. The lowest BCUT2D eigenvalue weighted by Crippen LogP contribution is -2.48. The molecular formula is C23H25FN4O. The molecule has 150 valence electrons. The molecule has 3 aromatic rings. The van der Waals surface area contributed by atoms with Crippen LogP contribution < -0.4 is 10.6 Å². The van der Waals surface area contributed by atoms with Crippen LogP contribution >= 0.6 is 0 Å². The number of aryl methyl sites for hydroxylation is 1. The molecule has 29 heavy (non-hydrogen) atoms. The van der Waals surface area contributed by atoms with Crippen LogP contribution in [0.2, 0.25) is 0 Å². The quantitative estimate of drug-likeness (QED) is 0.712. The minimum Gasteiger partial charge on any atom is -0.349 e. The van der Waals surface area contributed by atoms with Crippen LogP contribution in [0.4, 0.5) is 4.39 Å². The molecule has 0 spiro atoms. The Morgan fingerprint density at radius 1 is 1.17 bits per heavy atom. The molecule has 1 aromatic heterocycles. The molecule has 1 amide bonds. The summed E-state index contributed by atoms with van der Waals surface area (Å²) in [4.78, 5) is 13.2. The summed E-state index contributed by atoms with van der Waals surface area (Å²) in [6.07, 6.45) is 2.63. The summed E-state index contributed by atoms with van der Waals surface area (Å²) in [5.74, 6) is -0.0760. The van der Waals surface area contributed by atoms with Gasteiger partial charge < -0.3 is 10.6 Å². The van der Waals surface area contributed by atoms with Crippen molar-refractivity contribution in [2.24, 2.45) is 5.92 Å². The number of nitrogens with one attached hydrogen (secondary N) is 2. The van der Waals surface area contributed by atoms with Gasteiger partial charge in [-0.1, -0.05) is 36.8 Å². The maximum atomic E-state index is 13.3. The van der Waals surface area contributed by atoms with E-state index in [9.17, 15) is 9.18 Å². The number of halogens is 1. The summed E-state index contributed by atoms with van der Waals surface area (Å²) < 4.78 is 15.0. The molecular weight excluding hydrogens is 367 g/mol. The van der Waals surface area contributed by atoms with Gasteiger partial charge in [-0.25, -0.2) is 9.07 Å². The monoisotopic (exact) mass is 392 g/mol. The zero-order valence-corrected chi connectivity index (χ0v) is 16.7. The van der Waals surface area contributed by atoms with E-state index in [0.29, 0.717) is 22.9 Å². The van der Waals surface area contributed by atoms with Gasteiger partial charge in [-0.05, 0) is 56.6 Å². The number of nitrogens with zero attached hydrogens (tertiary/aromatic N) is 2. The highest BCUT2D eigenvalue weighted by molar-refractivity contribution is 6.00. The molecule has 5 nitrogen and oxygen atoms in total. The van der Waals surface area contributed by atoms with Crippen molar-refractivity contribution in [2.45, 2.75) is 26.3 Å². The second kappa shape index (κ2) is 8.17. The van der Waals surface area contributed by atoms with Crippen LogP contribution in [0, 0.1) is 18.7 Å². The van der Waals surface area contributed by atoms with Crippen LogP contribution in [0.5, 0.6) is 0 Å². The van der Waals surface area contributed by atoms with Crippen molar-refractivity contribution < 1.29 is 9.18 Å². The summed E-state index contributed by atoms with van der Waals surface area (Å²) in [6, 6.07) is 14.1. The number of amides is 1. The fourth-order valence-corrected chi connectivity index (χ4v) is 3.67. The highest BCUT2D eigenvalue weighted by atomic mass is 19.1. The van der Waals surface area contributed by atoms with Crippen LogP contribution in [-0.4, -0.2) is 34.8 Å². The normalized spacial score (nSPS) is 19.1. The van der Waals surface area contributed by atoms with Crippen LogP contribution in [0.15, 0.2) is 54.7 Å². The Hall–Kier alpha value is -2.99. The number of hydrogen-bond acceptors (Lipinski definition) is 3. The Bertz CT molecular complexity index is 995. The van der Waals surface area contributed by atoms with Gasteiger partial charge in [0.05, 0.1) is 11.3 Å². The maximum absolute atomic E-state index is 13.3. The van der Waals surface area contributed by atoms with E-state index in [1.807, 2.05) is 31.2 Å². The molecule has 1 aliphatic rings. The zero-order valence-electron chi connectivity index (χ0n) is 16.7. The Labute approximate surface area is 169 Å². The molecule has 0 aliphatic carbocycles. The van der Waals surface area contributed by atoms with Crippen LogP contribution in [0.1, 0.15) is 29.3 Å². The van der Waals surface area contributed by atoms with Crippen molar-refractivity contribution in [3.05, 3.63) is 71.7 Å². The highest BCUT2D eigenvalue weighted by Gasteiger charge is 2.26. The average Bonchev–Trinajstić information content (AvgIpc) is 3.16. The van der Waals surface area contributed by atoms with E-state index >= 15 is 0 Å². The highest BCUT2D eigenvalue weighted by Crippen LogP contribution is 2.25. The first-order valence-corrected chi connectivity index (χ1v) is 9.95. The Morgan fingerprint density at radius 2 is 1.90 bits per heavy atom. The van der Waals surface area contributed by atoms with Gasteiger partial charge >= 0.3 is 0 Å². The van der Waals surface area contributed by atoms with Gasteiger partial charge in [-0.2, -0.15) is 5.10 Å². The molecule has 0 bridgehead atoms. The molecule has 6 heteroatoms. The van der Waals surface area contributed by atoms with E-state index < -0.39 is 0 Å². The summed E-state index contributed by atoms with van der Waals surface area (Å²) in [5, 5.41) is 11.2. The van der Waals surface area contributed by atoms with Crippen molar-refractivity contribution in [1.29, 1.82) is 0 Å². The summed E-state index contributed by atoms with van der Waals surface area (Å²) in [7, 11) is 0. The molecule has 1 aliphatic heterocycles. The molecule has 1 fully saturated rings. The van der Waals surface area contributed by atoms with Crippen LogP contribution in [0.25, 0.3) is 16.9 Å². The lowest BCUT2D eigenvalue weighted by molar-refractivity contribution is 0.0915. The van der Waals surface area contributed by atoms with E-state index in [4.69, 9.17) is 0 Å². The minimum absolute atomic E-state index is 0.129. The van der Waals surface area contributed by atoms with Gasteiger partial charge in [-0.3, -0.25) is 4.79 Å². The lowest BCUT2D eigenvalue weighted by atomic mass is 9.95. The van der Waals surface area contributed by atoms with Gasteiger partial charge in [0.2, 0.25) is 0 Å². The third-order valence-electron chi connectivity index (χ3n) is 5.48. The third-order valence-corrected chi connectivity index (χ3v) is 5.48. The standard InChI is InChI=1S/C23H25FN4O/c1-15-3-5-17(6-4-15)22-20(23(29)26-21-11-12-25-13-16(21)2)14-28(27-22)19-9-7-18(24)8-10-19/h3-10,14,16,21,25H,11-13H2,1-2H3,(H,26,29). The van der Waals surface area contributed by atoms with Crippen molar-refractivity contribution >= 4 is 5.91 Å². The van der Waals surface area contributed by atoms with Crippen molar-refractivity contribution in [1.82, 2.24) is 20.4 Å². The number of rotatable bonds is 4. The molecule has 2 unspecified atom stereocenters. The summed E-state index contributed by atoms with van der Waals surface area (Å²) in [6.45, 7) is 5.95. The van der Waals surface area contributed by atoms with Crippen molar-refractivity contribution in [3.8, 4) is 16.9 Å². The number of aromatic nitrogens is 2. The molecule has 2 aromatic carbocycles. The van der Waals surface area contributed by atoms with Crippen LogP contribution in [-0.2, 0) is 0 Å². The number of carbonyl (C=O) groups is 1. The van der Waals surface area contributed by atoms with Crippen molar-refractivity contribution in [2.75, 3.05) is 13.1 Å². The molecule has 0 radical (unpaired) electrons. The third kappa shape index (κ3) is 4.22. The number of hydrogen-bond donors (Lipinski definition) is 2. The van der Waals surface area contributed by atoms with Crippen molar-refractivity contribution in [3.63, 3.8) is 0 Å². The topological polar surface area (TPSA) is 59.0 Å². The van der Waals surface area contributed by atoms with Gasteiger partial charge in [0, 0.05) is 17.8 Å². The summed E-state index contributed by atoms with van der Waals surface area (Å²) >= 11 is 0. The molecule has 2 N–H and O–H groups in total. The SMILES string of the molecule is Cc1ccc(-c2nn(-c3ccc(F)cc3)cc2C(=O)NC2CCNCC2C)cc1. The smallest absolute Gasteiger partial charge is 0.255 e. The fourth-order valence-electron chi connectivity index (χ4n) is 3.67. The molecule has 2 heterocycles. The van der Waals surface area contributed by atoms with E-state index in [1.54, 1.807) is 23.0 Å². The average molecular weight is 392 g/mol. The van der Waals surface area contributed by atoms with Gasteiger partial charge in [-0.15, -0.1) is 0 Å². The number of carbonyl (C=O) groups excluding carboxylic acids is 1. The van der Waals surface area contributed by atoms with E-state index in [0.717, 1.165) is 30.6 Å². The van der Waals surface area contributed by atoms with Gasteiger partial charge in [0.25, 0.3) is 5.91 Å². The second-order valence-corrected chi connectivity index (χ2v) is 7.73. The Morgan fingerprint density at radius 3 is 2.59 bits per heavy atom. The molecule has 1 saturated heterocycles. The molecule has 0 saturated carbocycles. The Kier molecular flexibility index (Phi) is 5.45. The number of piperidine rings is 1. The zero-order chi connectivity index (χ0) is 20.4. The predicted molar refractivity (Wildman–Crippen MR) is 112 cm³/mol. The summed E-state index contributed by atoms with van der Waals surface area (Å²) in [5.41, 5.74) is 3.85. The van der Waals surface area contributed by atoms with Gasteiger partial charge in [0.1, 0.15) is 11.5 Å². The molecule has 4 rings (SSSR count). The largest absolute Gasteiger partial charge is 0.349 e. The maximum Gasteiger partial charge on any atom is 0.255 e. The minimum atomic E-state index is -0.308. The predicted octanol–water partition coefficient (Wildman–Crippen LogP) is 3.71. The lowest BCUT2D eigenvalue weighted by Gasteiger charge is -2.30. The number of benzene rings is 2. The van der Waals surface area contributed by atoms with E-state index in [1.165, 1.54) is 12.1 Å². The Balaban J connectivity index is 1.71. The van der Waals surface area contributed by atoms with E-state index in [2.05, 4.69) is 22.7 Å². The van der Waals surface area contributed by atoms with Crippen LogP contribution in [0.3, 0.4) is 0 Å². The first-order chi connectivity index (χ1) is 14.0.